The van der Waals surface area contributed by atoms with Crippen LogP contribution in [0.3, 0.4) is 0 Å². The van der Waals surface area contributed by atoms with Crippen LogP contribution in [-0.4, -0.2) is 22.6 Å². The highest BCUT2D eigenvalue weighted by Gasteiger charge is 2.15. The molecular weight excluding hydrogens is 354 g/mol. The van der Waals surface area contributed by atoms with Crippen LogP contribution in [0, 0.1) is 5.92 Å². The van der Waals surface area contributed by atoms with Crippen molar-refractivity contribution < 1.29 is 13.9 Å². The zero-order chi connectivity index (χ0) is 19.2. The Hall–Kier alpha value is -3.15. The summed E-state index contributed by atoms with van der Waals surface area (Å²) < 4.78 is 10.8. The lowest BCUT2D eigenvalue weighted by Crippen LogP contribution is -2.32. The van der Waals surface area contributed by atoms with Gasteiger partial charge in [0.25, 0.3) is 0 Å². The molecule has 1 aromatic carbocycles. The number of pyridine rings is 1. The molecule has 1 fully saturated rings. The Morgan fingerprint density at radius 1 is 1.11 bits per heavy atom. The van der Waals surface area contributed by atoms with Gasteiger partial charge in [-0.05, 0) is 42.5 Å². The lowest BCUT2D eigenvalue weighted by molar-refractivity contribution is 0.196. The fraction of sp³-hybridized carbons (Fsp3) is 0.318. The van der Waals surface area contributed by atoms with Crippen LogP contribution in [0.5, 0.6) is 5.75 Å². The normalized spacial score (nSPS) is 14.6. The highest BCUT2D eigenvalue weighted by molar-refractivity contribution is 5.73. The van der Waals surface area contributed by atoms with Crippen LogP contribution in [0.4, 0.5) is 4.79 Å². The maximum Gasteiger partial charge on any atom is 0.412 e. The van der Waals surface area contributed by atoms with Crippen LogP contribution >= 0.6 is 0 Å². The zero-order valence-corrected chi connectivity index (χ0v) is 15.6. The Balaban J connectivity index is 1.41. The first-order chi connectivity index (χ1) is 13.8. The summed E-state index contributed by atoms with van der Waals surface area (Å²) in [5.41, 5.74) is 2.58. The number of carbonyl (C=O) groups excluding carboxylic acids is 1. The Labute approximate surface area is 164 Å². The van der Waals surface area contributed by atoms with E-state index < -0.39 is 6.09 Å². The largest absolute Gasteiger partial charge is 0.444 e. The quantitative estimate of drug-likeness (QED) is 0.671. The predicted octanol–water partition coefficient (Wildman–Crippen LogP) is 5.07. The van der Waals surface area contributed by atoms with E-state index in [1.165, 1.54) is 38.4 Å². The van der Waals surface area contributed by atoms with Crippen molar-refractivity contribution >= 4 is 6.09 Å². The average Bonchev–Trinajstić information content (AvgIpc) is 3.28. The topological polar surface area (TPSA) is 77.2 Å². The summed E-state index contributed by atoms with van der Waals surface area (Å²) in [5.74, 6) is 1.58. The molecule has 28 heavy (non-hydrogen) atoms. The van der Waals surface area contributed by atoms with Crippen molar-refractivity contribution in [2.24, 2.45) is 5.92 Å². The molecule has 0 aliphatic heterocycles. The molecule has 1 saturated carbocycles. The van der Waals surface area contributed by atoms with Gasteiger partial charge < -0.3 is 14.5 Å². The third kappa shape index (κ3) is 4.57. The second kappa shape index (κ2) is 8.69. The van der Waals surface area contributed by atoms with E-state index in [-0.39, 0.29) is 0 Å². The average molecular weight is 377 g/mol. The molecule has 144 valence electrons. The minimum atomic E-state index is -0.408. The van der Waals surface area contributed by atoms with Gasteiger partial charge in [0.2, 0.25) is 5.89 Å². The first kappa shape index (κ1) is 18.2. The fourth-order valence-corrected chi connectivity index (χ4v) is 3.58. The summed E-state index contributed by atoms with van der Waals surface area (Å²) in [6, 6.07) is 9.35. The zero-order valence-electron chi connectivity index (χ0n) is 15.6. The molecule has 0 spiro atoms. The molecule has 0 atom stereocenters. The minimum absolute atomic E-state index is 0.408. The SMILES string of the molecule is O=C(NCC1CCCCC1)Oc1cccc(-c2cncc(-c3ncco3)c2)c1. The monoisotopic (exact) mass is 377 g/mol. The molecule has 4 rings (SSSR count). The number of benzene rings is 1. The summed E-state index contributed by atoms with van der Waals surface area (Å²) in [6.07, 6.45) is 12.4. The number of amides is 1. The minimum Gasteiger partial charge on any atom is -0.444 e. The molecule has 6 heteroatoms. The summed E-state index contributed by atoms with van der Waals surface area (Å²) in [6.45, 7) is 0.681. The van der Waals surface area contributed by atoms with Crippen molar-refractivity contribution in [3.8, 4) is 28.3 Å². The van der Waals surface area contributed by atoms with Crippen molar-refractivity contribution in [2.75, 3.05) is 6.54 Å². The molecule has 0 unspecified atom stereocenters. The van der Waals surface area contributed by atoms with Crippen LogP contribution in [0.15, 0.2) is 59.6 Å². The van der Waals surface area contributed by atoms with E-state index in [9.17, 15) is 4.79 Å². The Morgan fingerprint density at radius 2 is 1.96 bits per heavy atom. The van der Waals surface area contributed by atoms with Gasteiger partial charge in [-0.15, -0.1) is 0 Å². The summed E-state index contributed by atoms with van der Waals surface area (Å²) in [5, 5.41) is 2.89. The summed E-state index contributed by atoms with van der Waals surface area (Å²) >= 11 is 0. The van der Waals surface area contributed by atoms with Gasteiger partial charge in [0.1, 0.15) is 12.0 Å². The van der Waals surface area contributed by atoms with Gasteiger partial charge in [0.15, 0.2) is 0 Å². The van der Waals surface area contributed by atoms with Crippen molar-refractivity contribution in [2.45, 2.75) is 32.1 Å². The van der Waals surface area contributed by atoms with Gasteiger partial charge in [-0.25, -0.2) is 9.78 Å². The molecule has 0 bridgehead atoms. The third-order valence-corrected chi connectivity index (χ3v) is 5.06. The number of oxazole rings is 1. The van der Waals surface area contributed by atoms with Gasteiger partial charge in [0.05, 0.1) is 11.8 Å². The fourth-order valence-electron chi connectivity index (χ4n) is 3.58. The lowest BCUT2D eigenvalue weighted by Gasteiger charge is -2.21. The van der Waals surface area contributed by atoms with Crippen LogP contribution in [0.25, 0.3) is 22.6 Å². The molecule has 2 aromatic heterocycles. The van der Waals surface area contributed by atoms with Crippen molar-refractivity contribution in [1.29, 1.82) is 0 Å². The highest BCUT2D eigenvalue weighted by Crippen LogP contribution is 2.27. The van der Waals surface area contributed by atoms with E-state index in [2.05, 4.69) is 15.3 Å². The molecule has 6 nitrogen and oxygen atoms in total. The smallest absolute Gasteiger partial charge is 0.412 e. The van der Waals surface area contributed by atoms with Gasteiger partial charge >= 0.3 is 6.09 Å². The number of carbonyl (C=O) groups is 1. The third-order valence-electron chi connectivity index (χ3n) is 5.06. The first-order valence-corrected chi connectivity index (χ1v) is 9.69. The number of ether oxygens (including phenoxy) is 1. The van der Waals surface area contributed by atoms with Crippen molar-refractivity contribution in [3.63, 3.8) is 0 Å². The second-order valence-corrected chi connectivity index (χ2v) is 7.10. The first-order valence-electron chi connectivity index (χ1n) is 9.69. The van der Waals surface area contributed by atoms with Gasteiger partial charge in [-0.3, -0.25) is 4.98 Å². The van der Waals surface area contributed by atoms with E-state index >= 15 is 0 Å². The van der Waals surface area contributed by atoms with Gasteiger partial charge in [0, 0.05) is 24.5 Å². The molecular formula is C22H23N3O3. The standard InChI is InChI=1S/C22H23N3O3/c26-22(25-13-16-5-2-1-3-6-16)28-20-8-4-7-17(12-20)18-11-19(15-23-14-18)21-24-9-10-27-21/h4,7-12,14-16H,1-3,5-6,13H2,(H,25,26). The molecule has 1 aliphatic rings. The second-order valence-electron chi connectivity index (χ2n) is 7.10. The summed E-state index contributed by atoms with van der Waals surface area (Å²) in [4.78, 5) is 20.6. The van der Waals surface area contributed by atoms with Crippen LogP contribution in [-0.2, 0) is 0 Å². The van der Waals surface area contributed by atoms with Gasteiger partial charge in [-0.1, -0.05) is 31.4 Å². The molecule has 2 heterocycles. The number of aromatic nitrogens is 2. The predicted molar refractivity (Wildman–Crippen MR) is 106 cm³/mol. The van der Waals surface area contributed by atoms with Gasteiger partial charge in [-0.2, -0.15) is 0 Å². The highest BCUT2D eigenvalue weighted by atomic mass is 16.6. The lowest BCUT2D eigenvalue weighted by atomic mass is 9.89. The maximum atomic E-state index is 12.1. The summed E-state index contributed by atoms with van der Waals surface area (Å²) in [7, 11) is 0. The Kier molecular flexibility index (Phi) is 5.66. The van der Waals surface area contributed by atoms with E-state index in [1.54, 1.807) is 24.7 Å². The molecule has 0 saturated heterocycles. The van der Waals surface area contributed by atoms with E-state index in [0.717, 1.165) is 16.7 Å². The van der Waals surface area contributed by atoms with Crippen LogP contribution in [0.2, 0.25) is 0 Å². The van der Waals surface area contributed by atoms with E-state index in [4.69, 9.17) is 9.15 Å². The van der Waals surface area contributed by atoms with Crippen molar-refractivity contribution in [1.82, 2.24) is 15.3 Å². The molecule has 1 amide bonds. The van der Waals surface area contributed by atoms with E-state index in [1.807, 2.05) is 24.3 Å². The molecule has 1 N–H and O–H groups in total. The number of rotatable bonds is 5. The number of hydrogen-bond donors (Lipinski definition) is 1. The molecule has 1 aliphatic carbocycles. The number of hydrogen-bond acceptors (Lipinski definition) is 5. The van der Waals surface area contributed by atoms with Crippen molar-refractivity contribution in [3.05, 3.63) is 55.2 Å². The van der Waals surface area contributed by atoms with E-state index in [0.29, 0.717) is 24.1 Å². The van der Waals surface area contributed by atoms with Crippen LogP contribution < -0.4 is 10.1 Å². The maximum absolute atomic E-state index is 12.1. The Bertz CT molecular complexity index is 918. The Morgan fingerprint density at radius 3 is 2.79 bits per heavy atom. The number of nitrogens with zero attached hydrogens (tertiary/aromatic N) is 2. The van der Waals surface area contributed by atoms with Crippen LogP contribution in [0.1, 0.15) is 32.1 Å². The molecule has 3 aromatic rings. The number of nitrogens with one attached hydrogen (secondary N) is 1. The molecule has 0 radical (unpaired) electrons.